The number of rotatable bonds is 33. The Hall–Kier alpha value is -3.54. The van der Waals surface area contributed by atoms with Gasteiger partial charge in [0.05, 0.1) is 19.8 Å². The lowest BCUT2D eigenvalue weighted by Crippen LogP contribution is -2.00. The zero-order chi connectivity index (χ0) is 40.5. The van der Waals surface area contributed by atoms with Crippen molar-refractivity contribution in [2.75, 3.05) is 19.8 Å². The van der Waals surface area contributed by atoms with E-state index in [2.05, 4.69) is 20.8 Å². The monoisotopic (exact) mass is 787 g/mol. The molecule has 4 aromatic rings. The van der Waals surface area contributed by atoms with Crippen LogP contribution in [0.4, 0.5) is 0 Å². The predicted octanol–water partition coefficient (Wildman–Crippen LogP) is 16.0. The van der Waals surface area contributed by atoms with Crippen molar-refractivity contribution in [3.8, 4) is 34.5 Å². The third-order valence-electron chi connectivity index (χ3n) is 11.7. The van der Waals surface area contributed by atoms with Gasteiger partial charge in [0.25, 0.3) is 0 Å². The average Bonchev–Trinajstić information content (AvgIpc) is 3.21. The molecule has 3 N–H and O–H groups in total. The molecule has 0 atom stereocenters. The number of fused-ring (bicyclic) bond motifs is 6. The smallest absolute Gasteiger partial charge is 0.161 e. The van der Waals surface area contributed by atoms with Gasteiger partial charge in [-0.1, -0.05) is 175 Å². The lowest BCUT2D eigenvalue weighted by molar-refractivity contribution is 0.289. The van der Waals surface area contributed by atoms with Crippen molar-refractivity contribution in [2.45, 2.75) is 194 Å². The van der Waals surface area contributed by atoms with E-state index >= 15 is 0 Å². The number of ether oxygens (including phenoxy) is 3. The first-order valence-electron chi connectivity index (χ1n) is 23.5. The van der Waals surface area contributed by atoms with Crippen LogP contribution in [0.2, 0.25) is 0 Å². The van der Waals surface area contributed by atoms with Crippen LogP contribution < -0.4 is 14.2 Å². The first kappa shape index (κ1) is 46.2. The third-order valence-corrected chi connectivity index (χ3v) is 11.7. The molecule has 0 aliphatic rings. The summed E-state index contributed by atoms with van der Waals surface area (Å²) in [7, 11) is 0. The van der Waals surface area contributed by atoms with Crippen molar-refractivity contribution in [1.82, 2.24) is 0 Å². The van der Waals surface area contributed by atoms with E-state index in [1.54, 1.807) is 18.2 Å². The van der Waals surface area contributed by atoms with Gasteiger partial charge in [0, 0.05) is 0 Å². The lowest BCUT2D eigenvalue weighted by Gasteiger charge is -2.17. The van der Waals surface area contributed by atoms with Crippen molar-refractivity contribution in [3.05, 3.63) is 36.4 Å². The fourth-order valence-electron chi connectivity index (χ4n) is 8.17. The van der Waals surface area contributed by atoms with E-state index in [9.17, 15) is 15.3 Å². The number of hydrogen-bond acceptors (Lipinski definition) is 6. The summed E-state index contributed by atoms with van der Waals surface area (Å²) >= 11 is 0. The largest absolute Gasteiger partial charge is 0.504 e. The summed E-state index contributed by atoms with van der Waals surface area (Å²) in [6.45, 7) is 8.37. The van der Waals surface area contributed by atoms with E-state index in [4.69, 9.17) is 14.2 Å². The lowest BCUT2D eigenvalue weighted by atomic mass is 9.93. The van der Waals surface area contributed by atoms with Crippen molar-refractivity contribution < 1.29 is 29.5 Å². The van der Waals surface area contributed by atoms with Crippen molar-refractivity contribution in [3.63, 3.8) is 0 Å². The zero-order valence-corrected chi connectivity index (χ0v) is 36.2. The minimum atomic E-state index is 0.0782. The number of benzene rings is 4. The summed E-state index contributed by atoms with van der Waals surface area (Å²) in [6, 6.07) is 11.0. The maximum Gasteiger partial charge on any atom is 0.161 e. The summed E-state index contributed by atoms with van der Waals surface area (Å²) in [4.78, 5) is 0. The van der Waals surface area contributed by atoms with Crippen LogP contribution >= 0.6 is 0 Å². The molecule has 6 nitrogen and oxygen atoms in total. The first-order valence-corrected chi connectivity index (χ1v) is 23.5. The average molecular weight is 787 g/mol. The second-order valence-corrected chi connectivity index (χ2v) is 16.6. The summed E-state index contributed by atoms with van der Waals surface area (Å²) in [5.41, 5.74) is 0. The normalized spacial score (nSPS) is 11.6. The van der Waals surface area contributed by atoms with Gasteiger partial charge in [-0.3, -0.25) is 0 Å². The van der Waals surface area contributed by atoms with Crippen LogP contribution in [0.5, 0.6) is 34.5 Å². The van der Waals surface area contributed by atoms with Gasteiger partial charge in [-0.2, -0.15) is 0 Å². The van der Waals surface area contributed by atoms with Gasteiger partial charge in [0.1, 0.15) is 0 Å². The molecule has 4 rings (SSSR count). The van der Waals surface area contributed by atoms with Crippen LogP contribution in [0.1, 0.15) is 194 Å². The Morgan fingerprint density at radius 2 is 0.474 bits per heavy atom. The summed E-state index contributed by atoms with van der Waals surface area (Å²) in [5.74, 6) is 1.55. The molecule has 0 saturated carbocycles. The van der Waals surface area contributed by atoms with Crippen LogP contribution in [-0.2, 0) is 0 Å². The molecule has 0 saturated heterocycles. The Kier molecular flexibility index (Phi) is 22.0. The SMILES string of the molecule is CCCCCCCCCCCOc1cc2c(cc1O)c1cc(OCCCCCCCCCCC)c(O)cc1c1cc(OCCCCCCCCCCC)c(O)cc21. The highest BCUT2D eigenvalue weighted by atomic mass is 16.5. The Morgan fingerprint density at radius 1 is 0.281 bits per heavy atom. The Morgan fingerprint density at radius 3 is 0.702 bits per heavy atom. The maximum atomic E-state index is 11.3. The highest BCUT2D eigenvalue weighted by Crippen LogP contribution is 2.46. The highest BCUT2D eigenvalue weighted by Gasteiger charge is 2.18. The molecule has 0 aromatic heterocycles. The van der Waals surface area contributed by atoms with Crippen LogP contribution in [0.25, 0.3) is 32.3 Å². The van der Waals surface area contributed by atoms with E-state index < -0.39 is 0 Å². The molecule has 0 heterocycles. The number of hydrogen-bond donors (Lipinski definition) is 3. The second kappa shape index (κ2) is 27.2. The molecule has 6 heteroatoms. The molecule has 0 aliphatic heterocycles. The maximum absolute atomic E-state index is 11.3. The van der Waals surface area contributed by atoms with Gasteiger partial charge >= 0.3 is 0 Å². The molecule has 57 heavy (non-hydrogen) atoms. The molecule has 0 bridgehead atoms. The molecule has 318 valence electrons. The van der Waals surface area contributed by atoms with E-state index in [0.29, 0.717) is 37.1 Å². The molecule has 4 aromatic carbocycles. The number of phenolic OH excluding ortho intramolecular Hbond substituents is 3. The fourth-order valence-corrected chi connectivity index (χ4v) is 8.17. The van der Waals surface area contributed by atoms with Gasteiger partial charge in [0.2, 0.25) is 0 Å². The summed E-state index contributed by atoms with van der Waals surface area (Å²) in [6.07, 6.45) is 33.3. The molecule has 0 amide bonds. The van der Waals surface area contributed by atoms with Gasteiger partial charge in [0.15, 0.2) is 34.5 Å². The minimum Gasteiger partial charge on any atom is -0.504 e. The summed E-state index contributed by atoms with van der Waals surface area (Å²) in [5, 5.41) is 38.8. The Bertz CT molecular complexity index is 1480. The number of phenols is 3. The molecule has 0 unspecified atom stereocenters. The van der Waals surface area contributed by atoms with E-state index in [0.717, 1.165) is 70.8 Å². The Balaban J connectivity index is 1.49. The molecular formula is C51H78O6. The molecule has 0 radical (unpaired) electrons. The number of unbranched alkanes of at least 4 members (excludes halogenated alkanes) is 24. The van der Waals surface area contributed by atoms with E-state index in [1.165, 1.54) is 135 Å². The van der Waals surface area contributed by atoms with Gasteiger partial charge in [-0.25, -0.2) is 0 Å². The van der Waals surface area contributed by atoms with Crippen molar-refractivity contribution in [1.29, 1.82) is 0 Å². The van der Waals surface area contributed by atoms with Gasteiger partial charge in [-0.05, 0) is 88.0 Å². The predicted molar refractivity (Wildman–Crippen MR) is 242 cm³/mol. The molecule has 0 aliphatic carbocycles. The number of aromatic hydroxyl groups is 3. The minimum absolute atomic E-state index is 0.0782. The standard InChI is InChI=1S/C51H78O6/c1-4-7-10-13-16-19-22-25-28-31-55-49-37-43-40(34-46(49)52)44-38-50(56-32-29-26-23-20-17-14-11-8-5-2)48(54)36-42(44)45-39-51(47(53)35-41(43)45)57-33-30-27-24-21-18-15-12-9-6-3/h34-39,52-54H,4-33H2,1-3H3. The third kappa shape index (κ3) is 15.6. The van der Waals surface area contributed by atoms with Crippen LogP contribution in [-0.4, -0.2) is 35.1 Å². The van der Waals surface area contributed by atoms with Crippen LogP contribution in [0.3, 0.4) is 0 Å². The molecule has 0 fully saturated rings. The van der Waals surface area contributed by atoms with E-state index in [-0.39, 0.29) is 17.2 Å². The zero-order valence-electron chi connectivity index (χ0n) is 36.2. The Labute approximate surface area is 345 Å². The van der Waals surface area contributed by atoms with Crippen molar-refractivity contribution in [2.24, 2.45) is 0 Å². The highest BCUT2D eigenvalue weighted by molar-refractivity contribution is 6.26. The van der Waals surface area contributed by atoms with Gasteiger partial charge < -0.3 is 29.5 Å². The molecule has 0 spiro atoms. The van der Waals surface area contributed by atoms with Crippen LogP contribution in [0.15, 0.2) is 36.4 Å². The molecular weight excluding hydrogens is 709 g/mol. The van der Waals surface area contributed by atoms with E-state index in [1.807, 2.05) is 18.2 Å². The van der Waals surface area contributed by atoms with Crippen molar-refractivity contribution >= 4 is 32.3 Å². The van der Waals surface area contributed by atoms with Crippen LogP contribution in [0, 0.1) is 0 Å². The first-order chi connectivity index (χ1) is 28.0. The summed E-state index contributed by atoms with van der Waals surface area (Å²) < 4.78 is 18.6. The fraction of sp³-hybridized carbons (Fsp3) is 0.647. The topological polar surface area (TPSA) is 88.4 Å². The quantitative estimate of drug-likeness (QED) is 0.0329. The second-order valence-electron chi connectivity index (χ2n) is 16.6. The van der Waals surface area contributed by atoms with Gasteiger partial charge in [-0.15, -0.1) is 0 Å².